The largest absolute Gasteiger partial charge is 1.00 e. The number of halogens is 2. The number of hydrogen-bond acceptors (Lipinski definition) is 2. The second kappa shape index (κ2) is 8.87. The standard InChI is InChI=1S/C13H14N2O2.2BrH/c16-12-4-1-6-14(10-12)8-3-9-15-7-2-5-13(17)11-15;;/h1-2,4-7,10-11H,3,8-9H2;2*1H. The zero-order valence-electron chi connectivity index (χ0n) is 10.3. The molecule has 2 heterocycles. The molecule has 0 spiro atoms. The Kier molecular flexibility index (Phi) is 8.34. The molecule has 0 amide bonds. The van der Waals surface area contributed by atoms with Crippen LogP contribution in [-0.4, -0.2) is 10.2 Å². The van der Waals surface area contributed by atoms with E-state index in [9.17, 15) is 10.2 Å². The van der Waals surface area contributed by atoms with E-state index in [0.717, 1.165) is 19.5 Å². The van der Waals surface area contributed by atoms with Crippen LogP contribution in [0.4, 0.5) is 0 Å². The predicted octanol–water partition coefficient (Wildman–Crippen LogP) is -5.23. The van der Waals surface area contributed by atoms with Crippen LogP contribution in [0, 0.1) is 0 Å². The van der Waals surface area contributed by atoms with Gasteiger partial charge >= 0.3 is 0 Å². The van der Waals surface area contributed by atoms with E-state index >= 15 is 0 Å². The summed E-state index contributed by atoms with van der Waals surface area (Å²) in [4.78, 5) is 0. The molecule has 0 unspecified atom stereocenters. The molecule has 2 aromatic heterocycles. The molecule has 0 saturated carbocycles. The third kappa shape index (κ3) is 6.02. The van der Waals surface area contributed by atoms with Gasteiger partial charge in [-0.05, 0) is 12.1 Å². The first-order valence-corrected chi connectivity index (χ1v) is 5.60. The van der Waals surface area contributed by atoms with E-state index in [4.69, 9.17) is 0 Å². The topological polar surface area (TPSA) is 48.2 Å². The number of aromatic hydroxyl groups is 2. The zero-order chi connectivity index (χ0) is 12.1. The third-order valence-corrected chi connectivity index (χ3v) is 2.52. The van der Waals surface area contributed by atoms with E-state index in [1.807, 2.05) is 33.7 Å². The molecule has 4 nitrogen and oxygen atoms in total. The Balaban J connectivity index is 0.00000162. The fourth-order valence-electron chi connectivity index (χ4n) is 1.73. The minimum atomic E-state index is 0. The molecule has 19 heavy (non-hydrogen) atoms. The molecule has 0 saturated heterocycles. The maximum Gasteiger partial charge on any atom is 0.210 e. The van der Waals surface area contributed by atoms with Crippen LogP contribution in [0.15, 0.2) is 49.1 Å². The Hall–Kier alpha value is -1.14. The summed E-state index contributed by atoms with van der Waals surface area (Å²) in [7, 11) is 0. The van der Waals surface area contributed by atoms with Crippen molar-refractivity contribution in [1.29, 1.82) is 0 Å². The first-order valence-electron chi connectivity index (χ1n) is 5.60. The van der Waals surface area contributed by atoms with Crippen molar-refractivity contribution in [3.63, 3.8) is 0 Å². The Morgan fingerprint density at radius 1 is 0.789 bits per heavy atom. The lowest BCUT2D eigenvalue weighted by atomic mass is 10.3. The summed E-state index contributed by atoms with van der Waals surface area (Å²) < 4.78 is 3.89. The van der Waals surface area contributed by atoms with Gasteiger partial charge in [-0.15, -0.1) is 0 Å². The minimum Gasteiger partial charge on any atom is -1.00 e. The van der Waals surface area contributed by atoms with Gasteiger partial charge in [-0.1, -0.05) is 0 Å². The van der Waals surface area contributed by atoms with Crippen molar-refractivity contribution in [1.82, 2.24) is 0 Å². The summed E-state index contributed by atoms with van der Waals surface area (Å²) in [5, 5.41) is 18.6. The maximum absolute atomic E-state index is 9.31. The van der Waals surface area contributed by atoms with E-state index in [0.29, 0.717) is 0 Å². The normalized spacial score (nSPS) is 9.26. The third-order valence-electron chi connectivity index (χ3n) is 2.52. The average Bonchev–Trinajstić information content (AvgIpc) is 2.29. The summed E-state index contributed by atoms with van der Waals surface area (Å²) in [5.74, 6) is 0.551. The van der Waals surface area contributed by atoms with Crippen LogP contribution in [0.2, 0.25) is 0 Å². The molecular weight excluding hydrogens is 376 g/mol. The lowest BCUT2D eigenvalue weighted by Gasteiger charge is -1.97. The van der Waals surface area contributed by atoms with Crippen molar-refractivity contribution in [3.8, 4) is 11.5 Å². The van der Waals surface area contributed by atoms with E-state index in [1.54, 1.807) is 24.5 Å². The van der Waals surface area contributed by atoms with Gasteiger partial charge in [0, 0.05) is 12.1 Å². The summed E-state index contributed by atoms with van der Waals surface area (Å²) in [5.41, 5.74) is 0. The first-order chi connectivity index (χ1) is 8.24. The monoisotopic (exact) mass is 390 g/mol. The molecule has 104 valence electrons. The minimum absolute atomic E-state index is 0. The fraction of sp³-hybridized carbons (Fsp3) is 0.231. The van der Waals surface area contributed by atoms with Crippen molar-refractivity contribution in [2.24, 2.45) is 0 Å². The molecule has 0 aliphatic heterocycles. The molecule has 2 N–H and O–H groups in total. The summed E-state index contributed by atoms with van der Waals surface area (Å²) in [6.45, 7) is 1.66. The van der Waals surface area contributed by atoms with Gasteiger partial charge in [0.1, 0.15) is 0 Å². The van der Waals surface area contributed by atoms with Gasteiger partial charge in [0.25, 0.3) is 0 Å². The van der Waals surface area contributed by atoms with Crippen molar-refractivity contribution in [2.75, 3.05) is 0 Å². The van der Waals surface area contributed by atoms with Gasteiger partial charge < -0.3 is 44.2 Å². The Morgan fingerprint density at radius 2 is 1.21 bits per heavy atom. The van der Waals surface area contributed by atoms with Gasteiger partial charge in [-0.25, -0.2) is 9.13 Å². The molecule has 2 aromatic rings. The lowest BCUT2D eigenvalue weighted by molar-refractivity contribution is -0.727. The lowest BCUT2D eigenvalue weighted by Crippen LogP contribution is -3.00. The Labute approximate surface area is 133 Å². The van der Waals surface area contributed by atoms with Gasteiger partial charge in [0.15, 0.2) is 37.0 Å². The van der Waals surface area contributed by atoms with Crippen LogP contribution in [0.3, 0.4) is 0 Å². The molecule has 0 fully saturated rings. The first kappa shape index (κ1) is 17.9. The number of aryl methyl sites for hydroxylation is 2. The second-order valence-corrected chi connectivity index (χ2v) is 3.95. The maximum atomic E-state index is 9.31. The number of aromatic nitrogens is 2. The SMILES string of the molecule is Oc1ccc[n+](CCC[n+]2cccc(O)c2)c1.[Br-].[Br-]. The molecule has 0 radical (unpaired) electrons. The average molecular weight is 392 g/mol. The van der Waals surface area contributed by atoms with Gasteiger partial charge in [0.2, 0.25) is 12.4 Å². The molecule has 0 aliphatic carbocycles. The van der Waals surface area contributed by atoms with Gasteiger partial charge in [-0.2, -0.15) is 0 Å². The van der Waals surface area contributed by atoms with E-state index in [1.165, 1.54) is 0 Å². The summed E-state index contributed by atoms with van der Waals surface area (Å²) in [6.07, 6.45) is 8.18. The highest BCUT2D eigenvalue weighted by molar-refractivity contribution is 5.10. The van der Waals surface area contributed by atoms with E-state index in [2.05, 4.69) is 0 Å². The highest BCUT2D eigenvalue weighted by Crippen LogP contribution is 2.01. The molecule has 6 heteroatoms. The second-order valence-electron chi connectivity index (χ2n) is 3.95. The Bertz CT molecular complexity index is 464. The number of pyridine rings is 2. The predicted molar refractivity (Wildman–Crippen MR) is 61.2 cm³/mol. The van der Waals surface area contributed by atoms with Crippen LogP contribution >= 0.6 is 0 Å². The van der Waals surface area contributed by atoms with Crippen LogP contribution < -0.4 is 43.1 Å². The molecule has 0 bridgehead atoms. The Morgan fingerprint density at radius 3 is 1.58 bits per heavy atom. The quantitative estimate of drug-likeness (QED) is 0.512. The summed E-state index contributed by atoms with van der Waals surface area (Å²) >= 11 is 0. The van der Waals surface area contributed by atoms with Crippen LogP contribution in [-0.2, 0) is 13.1 Å². The van der Waals surface area contributed by atoms with Gasteiger partial charge in [0.05, 0.1) is 6.42 Å². The summed E-state index contributed by atoms with van der Waals surface area (Å²) in [6, 6.07) is 6.94. The highest BCUT2D eigenvalue weighted by atomic mass is 79.9. The van der Waals surface area contributed by atoms with Gasteiger partial charge in [-0.3, -0.25) is 0 Å². The fourth-order valence-corrected chi connectivity index (χ4v) is 1.73. The smallest absolute Gasteiger partial charge is 0.210 e. The van der Waals surface area contributed by atoms with Crippen LogP contribution in [0.25, 0.3) is 0 Å². The van der Waals surface area contributed by atoms with E-state index in [-0.39, 0.29) is 45.5 Å². The number of hydrogen-bond donors (Lipinski definition) is 2. The van der Waals surface area contributed by atoms with Crippen molar-refractivity contribution in [2.45, 2.75) is 19.5 Å². The van der Waals surface area contributed by atoms with Crippen molar-refractivity contribution in [3.05, 3.63) is 49.1 Å². The van der Waals surface area contributed by atoms with Crippen LogP contribution in [0.1, 0.15) is 6.42 Å². The number of nitrogens with zero attached hydrogens (tertiary/aromatic N) is 2. The van der Waals surface area contributed by atoms with Crippen molar-refractivity contribution >= 4 is 0 Å². The molecule has 0 aliphatic rings. The van der Waals surface area contributed by atoms with Crippen LogP contribution in [0.5, 0.6) is 11.5 Å². The highest BCUT2D eigenvalue weighted by Gasteiger charge is 2.05. The van der Waals surface area contributed by atoms with Crippen molar-refractivity contribution < 1.29 is 53.3 Å². The zero-order valence-corrected chi connectivity index (χ0v) is 13.5. The molecular formula is C13H16Br2N2O2. The molecule has 0 atom stereocenters. The molecule has 2 rings (SSSR count). The number of rotatable bonds is 4. The van der Waals surface area contributed by atoms with E-state index < -0.39 is 0 Å². The molecule has 0 aromatic carbocycles.